The van der Waals surface area contributed by atoms with Crippen LogP contribution in [0.25, 0.3) is 0 Å². The molecule has 0 radical (unpaired) electrons. The molecule has 0 amide bonds. The van der Waals surface area contributed by atoms with Crippen LogP contribution in [-0.2, 0) is 22.6 Å². The molecule has 0 bridgehead atoms. The summed E-state index contributed by atoms with van der Waals surface area (Å²) in [7, 11) is 0. The van der Waals surface area contributed by atoms with Crippen LogP contribution in [0.15, 0.2) is 36.2 Å². The Morgan fingerprint density at radius 2 is 2.00 bits per heavy atom. The maximum Gasteiger partial charge on any atom is 0.310 e. The van der Waals surface area contributed by atoms with Crippen LogP contribution in [0.2, 0.25) is 0 Å². The van der Waals surface area contributed by atoms with E-state index in [1.165, 1.54) is 12.1 Å². The summed E-state index contributed by atoms with van der Waals surface area (Å²) in [6, 6.07) is 8.97. The maximum absolute atomic E-state index is 13.1. The Kier molecular flexibility index (Phi) is 4.86. The molecule has 2 atom stereocenters. The molecule has 3 nitrogen and oxygen atoms in total. The highest BCUT2D eigenvalue weighted by atomic mass is 19.1. The molecule has 0 aliphatic heterocycles. The number of benzene rings is 1. The van der Waals surface area contributed by atoms with Gasteiger partial charge in [-0.05, 0) is 22.6 Å². The molecule has 23 heavy (non-hydrogen) atoms. The summed E-state index contributed by atoms with van der Waals surface area (Å²) < 4.78 is 18.4. The quantitative estimate of drug-likeness (QED) is 0.474. The summed E-state index contributed by atoms with van der Waals surface area (Å²) in [5.41, 5.74) is 1.51. The van der Waals surface area contributed by atoms with Crippen molar-refractivity contribution in [1.29, 1.82) is 5.26 Å². The van der Waals surface area contributed by atoms with E-state index in [1.807, 2.05) is 38.1 Å². The highest BCUT2D eigenvalue weighted by Gasteiger charge is 2.61. The van der Waals surface area contributed by atoms with Crippen LogP contribution in [0.5, 0.6) is 0 Å². The summed E-state index contributed by atoms with van der Waals surface area (Å²) >= 11 is 0. The van der Waals surface area contributed by atoms with Gasteiger partial charge in [0.05, 0.1) is 5.92 Å². The Bertz CT molecular complexity index is 704. The van der Waals surface area contributed by atoms with Crippen LogP contribution in [0.3, 0.4) is 0 Å². The lowest BCUT2D eigenvalue weighted by molar-refractivity contribution is -0.147. The number of nitriles is 1. The molecule has 1 aliphatic carbocycles. The molecule has 4 heteroatoms. The van der Waals surface area contributed by atoms with E-state index in [9.17, 15) is 9.18 Å². The lowest BCUT2D eigenvalue weighted by atomic mass is 10.1. The fraction of sp³-hybridized carbons (Fsp3) is 0.368. The van der Waals surface area contributed by atoms with Gasteiger partial charge in [0, 0.05) is 12.3 Å². The molecular weight excluding hydrogens is 293 g/mol. The minimum atomic E-state index is -0.859. The zero-order valence-electron chi connectivity index (χ0n) is 13.2. The van der Waals surface area contributed by atoms with Gasteiger partial charge < -0.3 is 4.74 Å². The number of hydrogen-bond donors (Lipinski definition) is 0. The minimum absolute atomic E-state index is 0.166. The van der Waals surface area contributed by atoms with Crippen LogP contribution < -0.4 is 0 Å². The van der Waals surface area contributed by atoms with Crippen molar-refractivity contribution < 1.29 is 13.9 Å². The van der Waals surface area contributed by atoms with Gasteiger partial charge in [-0.25, -0.2) is 0 Å². The molecule has 0 aromatic heterocycles. The minimum Gasteiger partial charge on any atom is -0.461 e. The molecule has 1 saturated carbocycles. The van der Waals surface area contributed by atoms with Crippen LogP contribution in [0.1, 0.15) is 25.0 Å². The van der Waals surface area contributed by atoms with Crippen LogP contribution in [-0.4, -0.2) is 5.97 Å². The predicted molar refractivity (Wildman–Crippen MR) is 84.3 cm³/mol. The third kappa shape index (κ3) is 3.79. The number of hydrogen-bond acceptors (Lipinski definition) is 3. The molecule has 0 unspecified atom stereocenters. The van der Waals surface area contributed by atoms with E-state index >= 15 is 0 Å². The summed E-state index contributed by atoms with van der Waals surface area (Å²) in [4.78, 5) is 12.2. The molecule has 1 aliphatic rings. The third-order valence-corrected chi connectivity index (χ3v) is 4.31. The number of allylic oxidation sites excluding steroid dienone is 2. The second-order valence-corrected chi connectivity index (χ2v) is 6.26. The SMILES string of the molecule is C#CCc1ccc(COC(=O)[C@@H]2[C@H](C=C(F)C#N)C2(C)C)cc1. The van der Waals surface area contributed by atoms with E-state index in [0.717, 1.165) is 11.1 Å². The van der Waals surface area contributed by atoms with Crippen molar-refractivity contribution in [1.82, 2.24) is 0 Å². The first-order valence-electron chi connectivity index (χ1n) is 7.35. The lowest BCUT2D eigenvalue weighted by Crippen LogP contribution is -2.10. The van der Waals surface area contributed by atoms with Crippen molar-refractivity contribution in [2.24, 2.45) is 17.3 Å². The van der Waals surface area contributed by atoms with Crippen molar-refractivity contribution in [2.75, 3.05) is 0 Å². The lowest BCUT2D eigenvalue weighted by Gasteiger charge is -2.06. The van der Waals surface area contributed by atoms with Gasteiger partial charge in [-0.2, -0.15) is 9.65 Å². The Morgan fingerprint density at radius 3 is 2.57 bits per heavy atom. The predicted octanol–water partition coefficient (Wildman–Crippen LogP) is 3.55. The average molecular weight is 311 g/mol. The number of halogens is 1. The van der Waals surface area contributed by atoms with E-state index in [1.54, 1.807) is 0 Å². The number of carbonyl (C=O) groups excluding carboxylic acids is 1. The first kappa shape index (κ1) is 16.8. The van der Waals surface area contributed by atoms with Crippen molar-refractivity contribution in [2.45, 2.75) is 26.9 Å². The first-order valence-corrected chi connectivity index (χ1v) is 7.35. The average Bonchev–Trinajstić information content (AvgIpc) is 3.07. The first-order chi connectivity index (χ1) is 10.9. The van der Waals surface area contributed by atoms with Crippen molar-refractivity contribution in [3.8, 4) is 18.4 Å². The Balaban J connectivity index is 1.93. The van der Waals surface area contributed by atoms with Gasteiger partial charge >= 0.3 is 5.97 Å². The summed E-state index contributed by atoms with van der Waals surface area (Å²) in [6.45, 7) is 3.89. The molecule has 1 aromatic rings. The van der Waals surface area contributed by atoms with E-state index in [-0.39, 0.29) is 23.9 Å². The monoisotopic (exact) mass is 311 g/mol. The summed E-state index contributed by atoms with van der Waals surface area (Å²) in [5, 5.41) is 8.50. The molecule has 1 aromatic carbocycles. The van der Waals surface area contributed by atoms with Crippen LogP contribution in [0, 0.1) is 40.9 Å². The topological polar surface area (TPSA) is 50.1 Å². The van der Waals surface area contributed by atoms with Gasteiger partial charge in [0.25, 0.3) is 0 Å². The van der Waals surface area contributed by atoms with E-state index in [4.69, 9.17) is 16.4 Å². The van der Waals surface area contributed by atoms with Crippen molar-refractivity contribution >= 4 is 5.97 Å². The van der Waals surface area contributed by atoms with Gasteiger partial charge in [0.1, 0.15) is 12.7 Å². The van der Waals surface area contributed by atoms with E-state index in [0.29, 0.717) is 6.42 Å². The number of esters is 1. The highest BCUT2D eigenvalue weighted by Crippen LogP contribution is 2.59. The number of ether oxygens (including phenoxy) is 1. The Hall–Kier alpha value is -2.59. The highest BCUT2D eigenvalue weighted by molar-refractivity contribution is 5.78. The molecule has 0 N–H and O–H groups in total. The van der Waals surface area contributed by atoms with E-state index in [2.05, 4.69) is 5.92 Å². The normalized spacial score (nSPS) is 21.9. The number of nitrogens with zero attached hydrogens (tertiary/aromatic N) is 1. The van der Waals surface area contributed by atoms with Gasteiger partial charge in [-0.1, -0.05) is 38.1 Å². The molecule has 0 heterocycles. The molecular formula is C19H18FNO2. The van der Waals surface area contributed by atoms with Gasteiger partial charge in [-0.15, -0.1) is 12.3 Å². The summed E-state index contributed by atoms with van der Waals surface area (Å²) in [5.74, 6) is 0.629. The van der Waals surface area contributed by atoms with Gasteiger partial charge in [0.15, 0.2) is 5.83 Å². The fourth-order valence-electron chi connectivity index (χ4n) is 2.75. The second-order valence-electron chi connectivity index (χ2n) is 6.26. The molecule has 0 spiro atoms. The van der Waals surface area contributed by atoms with Gasteiger partial charge in [0.2, 0.25) is 0 Å². The molecule has 2 rings (SSSR count). The Labute approximate surface area is 135 Å². The summed E-state index contributed by atoms with van der Waals surface area (Å²) in [6.07, 6.45) is 7.02. The van der Waals surface area contributed by atoms with Crippen molar-refractivity contribution in [3.63, 3.8) is 0 Å². The zero-order chi connectivity index (χ0) is 17.0. The van der Waals surface area contributed by atoms with Gasteiger partial charge in [-0.3, -0.25) is 4.79 Å². The van der Waals surface area contributed by atoms with E-state index < -0.39 is 11.7 Å². The second kappa shape index (κ2) is 6.67. The number of terminal acetylenes is 1. The van der Waals surface area contributed by atoms with Crippen molar-refractivity contribution in [3.05, 3.63) is 47.3 Å². The third-order valence-electron chi connectivity index (χ3n) is 4.31. The zero-order valence-corrected chi connectivity index (χ0v) is 13.2. The number of carbonyl (C=O) groups is 1. The maximum atomic E-state index is 13.1. The largest absolute Gasteiger partial charge is 0.461 e. The number of rotatable bonds is 5. The smallest absolute Gasteiger partial charge is 0.310 e. The molecule has 118 valence electrons. The Morgan fingerprint density at radius 1 is 1.39 bits per heavy atom. The van der Waals surface area contributed by atoms with Crippen LogP contribution >= 0.6 is 0 Å². The standard InChI is InChI=1S/C19H18FNO2/c1-4-5-13-6-8-14(9-7-13)12-23-18(22)17-16(19(17,2)3)10-15(20)11-21/h1,6-10,16-17H,5,12H2,2-3H3/t16-,17-/m0/s1. The molecule has 0 saturated heterocycles. The molecule has 1 fully saturated rings. The fourth-order valence-corrected chi connectivity index (χ4v) is 2.75. The van der Waals surface area contributed by atoms with Crippen LogP contribution in [0.4, 0.5) is 4.39 Å².